The molecule has 0 bridgehead atoms. The number of ether oxygens (including phenoxy) is 1. The van der Waals surface area contributed by atoms with Gasteiger partial charge >= 0.3 is 0 Å². The number of methoxy groups -OCH3 is 1. The quantitative estimate of drug-likeness (QED) is 0.586. The second-order valence-electron chi connectivity index (χ2n) is 4.52. The third kappa shape index (κ3) is 2.31. The molecular formula is C14H15NO2. The molecule has 0 spiro atoms. The van der Waals surface area contributed by atoms with Crippen molar-refractivity contribution in [2.75, 3.05) is 7.11 Å². The van der Waals surface area contributed by atoms with Crippen molar-refractivity contribution in [3.8, 4) is 5.75 Å². The van der Waals surface area contributed by atoms with Crippen molar-refractivity contribution in [3.05, 3.63) is 41.2 Å². The molecule has 0 heterocycles. The molecular weight excluding hydrogens is 214 g/mol. The molecule has 3 nitrogen and oxygen atoms in total. The summed E-state index contributed by atoms with van der Waals surface area (Å²) in [4.78, 5) is 15.7. The zero-order valence-electron chi connectivity index (χ0n) is 9.90. The average Bonchev–Trinajstić information content (AvgIpc) is 2.33. The molecule has 1 fully saturated rings. The zero-order valence-corrected chi connectivity index (χ0v) is 9.90. The van der Waals surface area contributed by atoms with E-state index in [1.807, 2.05) is 0 Å². The van der Waals surface area contributed by atoms with Crippen LogP contribution in [0.5, 0.6) is 5.75 Å². The Morgan fingerprint density at radius 2 is 2.06 bits per heavy atom. The first-order valence-electron chi connectivity index (χ1n) is 5.75. The Balaban J connectivity index is 2.07. The molecule has 1 aromatic carbocycles. The van der Waals surface area contributed by atoms with Crippen molar-refractivity contribution in [3.63, 3.8) is 0 Å². The third-order valence-corrected chi connectivity index (χ3v) is 3.42. The van der Waals surface area contributed by atoms with Gasteiger partial charge in [0.1, 0.15) is 5.75 Å². The van der Waals surface area contributed by atoms with E-state index in [2.05, 4.69) is 4.85 Å². The number of carbonyl (C=O) groups excluding carboxylic acids is 1. The Hall–Kier alpha value is -1.82. The summed E-state index contributed by atoms with van der Waals surface area (Å²) in [5.41, 5.74) is 0.262. The van der Waals surface area contributed by atoms with Crippen molar-refractivity contribution < 1.29 is 9.53 Å². The minimum absolute atomic E-state index is 0.0587. The minimum Gasteiger partial charge on any atom is -0.497 e. The lowest BCUT2D eigenvalue weighted by Gasteiger charge is -2.29. The summed E-state index contributed by atoms with van der Waals surface area (Å²) in [6, 6.07) is 7.08. The molecule has 0 aromatic heterocycles. The summed E-state index contributed by atoms with van der Waals surface area (Å²) in [7, 11) is 1.60. The Kier molecular flexibility index (Phi) is 3.14. The van der Waals surface area contributed by atoms with Crippen LogP contribution < -0.4 is 4.74 Å². The Morgan fingerprint density at radius 1 is 1.41 bits per heavy atom. The van der Waals surface area contributed by atoms with E-state index in [9.17, 15) is 4.79 Å². The molecule has 0 aliphatic heterocycles. The largest absolute Gasteiger partial charge is 0.497 e. The maximum Gasteiger partial charge on any atom is 0.239 e. The highest BCUT2D eigenvalue weighted by molar-refractivity contribution is 5.97. The molecule has 0 radical (unpaired) electrons. The Labute approximate surface area is 101 Å². The van der Waals surface area contributed by atoms with E-state index in [0.29, 0.717) is 12.0 Å². The van der Waals surface area contributed by atoms with Gasteiger partial charge in [-0.3, -0.25) is 4.79 Å². The standard InChI is InChI=1S/C14H15NO2/c1-15-14(8-3-9-14)10-13(16)11-4-6-12(17-2)7-5-11/h4-7H,3,8-10H2,2H3. The fourth-order valence-electron chi connectivity index (χ4n) is 2.09. The molecule has 1 aliphatic carbocycles. The topological polar surface area (TPSA) is 30.7 Å². The maximum absolute atomic E-state index is 12.0. The van der Waals surface area contributed by atoms with E-state index in [4.69, 9.17) is 11.3 Å². The summed E-state index contributed by atoms with van der Waals surface area (Å²) in [5, 5.41) is 0. The Bertz CT molecular complexity index is 452. The van der Waals surface area contributed by atoms with Crippen LogP contribution in [0.2, 0.25) is 0 Å². The number of carbonyl (C=O) groups is 1. The summed E-state index contributed by atoms with van der Waals surface area (Å²) in [6.07, 6.45) is 3.14. The molecule has 88 valence electrons. The van der Waals surface area contributed by atoms with Gasteiger partial charge in [0.15, 0.2) is 5.78 Å². The predicted octanol–water partition coefficient (Wildman–Crippen LogP) is 3.11. The summed E-state index contributed by atoms with van der Waals surface area (Å²) < 4.78 is 5.04. The summed E-state index contributed by atoms with van der Waals surface area (Å²) >= 11 is 0. The van der Waals surface area contributed by atoms with Crippen LogP contribution in [0.3, 0.4) is 0 Å². The number of hydrogen-bond donors (Lipinski definition) is 0. The van der Waals surface area contributed by atoms with Gasteiger partial charge < -0.3 is 9.58 Å². The first-order valence-corrected chi connectivity index (χ1v) is 5.75. The first kappa shape index (κ1) is 11.7. The molecule has 2 rings (SSSR count). The van der Waals surface area contributed by atoms with Gasteiger partial charge in [0.25, 0.3) is 0 Å². The molecule has 1 aliphatic rings. The van der Waals surface area contributed by atoms with Crippen molar-refractivity contribution in [1.82, 2.24) is 0 Å². The lowest BCUT2D eigenvalue weighted by molar-refractivity contribution is 0.0935. The monoisotopic (exact) mass is 229 g/mol. The number of ketones is 1. The van der Waals surface area contributed by atoms with Crippen LogP contribution in [0.25, 0.3) is 4.85 Å². The molecule has 0 amide bonds. The number of Topliss-reactive ketones (excluding diaryl/α,β-unsaturated/α-hetero) is 1. The van der Waals surface area contributed by atoms with Crippen LogP contribution in [0, 0.1) is 6.57 Å². The molecule has 0 atom stereocenters. The number of benzene rings is 1. The van der Waals surface area contributed by atoms with Crippen LogP contribution in [-0.4, -0.2) is 18.4 Å². The predicted molar refractivity (Wildman–Crippen MR) is 65.1 cm³/mol. The van der Waals surface area contributed by atoms with Crippen LogP contribution in [0.1, 0.15) is 36.0 Å². The SMILES string of the molecule is [C-]#[N+]C1(CC(=O)c2ccc(OC)cc2)CCC1. The molecule has 3 heteroatoms. The molecule has 1 saturated carbocycles. The normalized spacial score (nSPS) is 16.7. The molecule has 1 aromatic rings. The van der Waals surface area contributed by atoms with E-state index in [-0.39, 0.29) is 5.78 Å². The smallest absolute Gasteiger partial charge is 0.239 e. The van der Waals surface area contributed by atoms with Crippen molar-refractivity contribution >= 4 is 5.78 Å². The van der Waals surface area contributed by atoms with Gasteiger partial charge in [0.05, 0.1) is 13.5 Å². The van der Waals surface area contributed by atoms with Gasteiger partial charge in [-0.1, -0.05) is 0 Å². The average molecular weight is 229 g/mol. The van der Waals surface area contributed by atoms with E-state index in [1.54, 1.807) is 31.4 Å². The van der Waals surface area contributed by atoms with Crippen LogP contribution in [0.4, 0.5) is 0 Å². The molecule has 0 saturated heterocycles. The molecule has 0 N–H and O–H groups in total. The summed E-state index contributed by atoms with van der Waals surface area (Å²) in [5.74, 6) is 0.799. The highest BCUT2D eigenvalue weighted by Gasteiger charge is 2.45. The van der Waals surface area contributed by atoms with Crippen LogP contribution in [-0.2, 0) is 0 Å². The van der Waals surface area contributed by atoms with Crippen LogP contribution in [0.15, 0.2) is 24.3 Å². The van der Waals surface area contributed by atoms with E-state index in [0.717, 1.165) is 25.0 Å². The second kappa shape index (κ2) is 4.58. The van der Waals surface area contributed by atoms with Crippen molar-refractivity contribution in [2.24, 2.45) is 0 Å². The minimum atomic E-state index is -0.406. The fourth-order valence-corrected chi connectivity index (χ4v) is 2.09. The number of rotatable bonds is 4. The van der Waals surface area contributed by atoms with Gasteiger partial charge in [0, 0.05) is 18.4 Å². The maximum atomic E-state index is 12.0. The third-order valence-electron chi connectivity index (χ3n) is 3.42. The number of hydrogen-bond acceptors (Lipinski definition) is 2. The molecule has 0 unspecified atom stereocenters. The van der Waals surface area contributed by atoms with Crippen molar-refractivity contribution in [2.45, 2.75) is 31.2 Å². The van der Waals surface area contributed by atoms with Gasteiger partial charge in [-0.2, -0.15) is 0 Å². The van der Waals surface area contributed by atoms with Gasteiger partial charge in [-0.05, 0) is 30.7 Å². The van der Waals surface area contributed by atoms with Crippen molar-refractivity contribution in [1.29, 1.82) is 0 Å². The van der Waals surface area contributed by atoms with E-state index < -0.39 is 5.54 Å². The fraction of sp³-hybridized carbons (Fsp3) is 0.429. The summed E-state index contributed by atoms with van der Waals surface area (Å²) in [6.45, 7) is 7.18. The lowest BCUT2D eigenvalue weighted by Crippen LogP contribution is -2.35. The first-order chi connectivity index (χ1) is 8.19. The van der Waals surface area contributed by atoms with E-state index >= 15 is 0 Å². The molecule has 17 heavy (non-hydrogen) atoms. The van der Waals surface area contributed by atoms with Gasteiger partial charge in [0.2, 0.25) is 5.54 Å². The Morgan fingerprint density at radius 3 is 2.47 bits per heavy atom. The van der Waals surface area contributed by atoms with Gasteiger partial charge in [-0.15, -0.1) is 0 Å². The highest BCUT2D eigenvalue weighted by atomic mass is 16.5. The highest BCUT2D eigenvalue weighted by Crippen LogP contribution is 2.39. The lowest BCUT2D eigenvalue weighted by atomic mass is 9.73. The van der Waals surface area contributed by atoms with Crippen LogP contribution >= 0.6 is 0 Å². The van der Waals surface area contributed by atoms with E-state index in [1.165, 1.54) is 0 Å². The number of nitrogens with zero attached hydrogens (tertiary/aromatic N) is 1. The van der Waals surface area contributed by atoms with Gasteiger partial charge in [-0.25, -0.2) is 6.57 Å². The second-order valence-corrected chi connectivity index (χ2v) is 4.52. The zero-order chi connectivity index (χ0) is 12.3.